The highest BCUT2D eigenvalue weighted by atomic mass is 32.2. The maximum absolute atomic E-state index is 13.7. The summed E-state index contributed by atoms with van der Waals surface area (Å²) in [7, 11) is 1.50. The molecule has 0 spiro atoms. The Balaban J connectivity index is 1.09. The van der Waals surface area contributed by atoms with E-state index in [4.69, 9.17) is 75.8 Å². The van der Waals surface area contributed by atoms with Crippen molar-refractivity contribution in [2.75, 3.05) is 114 Å². The molecule has 21 aliphatic heterocycles. The number of Topliss-reactive ketones (excluding diaryl/α,β-unsaturated/α-hetero) is 2. The normalized spacial score (nSPS) is 43.0. The molecule has 21 heterocycles. The minimum Gasteiger partial charge on any atom is -0.394 e. The number of thioether (sulfide) groups is 2. The van der Waals surface area contributed by atoms with Crippen LogP contribution in [0.3, 0.4) is 0 Å². The van der Waals surface area contributed by atoms with Crippen LogP contribution in [-0.4, -0.2) is 456 Å². The first-order valence-electron chi connectivity index (χ1n) is 35.6. The molecule has 21 fully saturated rings. The monoisotopic (exact) mass is 1660 g/mol. The molecule has 2 amide bonds. The van der Waals surface area contributed by atoms with Crippen LogP contribution in [0, 0.1) is 5.92 Å². The number of nitrogens with one attached hydrogen (secondary N) is 3. The minimum absolute atomic E-state index is 0.0103. The molecule has 46 heteroatoms. The molecule has 109 heavy (non-hydrogen) atoms. The van der Waals surface area contributed by atoms with Crippen LogP contribution in [0.2, 0.25) is 0 Å². The van der Waals surface area contributed by atoms with E-state index in [-0.39, 0.29) is 93.3 Å². The van der Waals surface area contributed by atoms with Crippen LogP contribution in [0.25, 0.3) is 0 Å². The van der Waals surface area contributed by atoms with Crippen molar-refractivity contribution in [2.24, 2.45) is 5.92 Å². The maximum atomic E-state index is 13.7. The Morgan fingerprint density at radius 1 is 0.367 bits per heavy atom. The molecule has 0 aromatic heterocycles. The zero-order valence-corrected chi connectivity index (χ0v) is 62.8. The van der Waals surface area contributed by atoms with Gasteiger partial charge in [0.15, 0.2) is 44.0 Å². The number of thiol groups is 2. The third-order valence-corrected chi connectivity index (χ3v) is 22.2. The summed E-state index contributed by atoms with van der Waals surface area (Å²) in [6, 6.07) is -0.860. The molecule has 0 aliphatic carbocycles. The first-order chi connectivity index (χ1) is 52.1. The Hall–Kier alpha value is -1.76. The molecule has 21 saturated heterocycles. The number of ether oxygens (including phenoxy) is 16. The molecule has 15 unspecified atom stereocenters. The molecule has 37 atom stereocenters. The fourth-order valence-electron chi connectivity index (χ4n) is 13.3. The summed E-state index contributed by atoms with van der Waals surface area (Å²) >= 11 is 10.2. The Bertz CT molecular complexity index is 2740. The van der Waals surface area contributed by atoms with Gasteiger partial charge in [-0.2, -0.15) is 48.8 Å². The van der Waals surface area contributed by atoms with Gasteiger partial charge >= 0.3 is 0 Å². The van der Waals surface area contributed by atoms with Gasteiger partial charge in [-0.25, -0.2) is 0 Å². The molecule has 0 radical (unpaired) electrons. The molecule has 0 aromatic rings. The molecule has 14 bridgehead atoms. The highest BCUT2D eigenvalue weighted by Gasteiger charge is 2.60. The van der Waals surface area contributed by atoms with Gasteiger partial charge in [-0.3, -0.25) is 19.2 Å². The highest BCUT2D eigenvalue weighted by molar-refractivity contribution is 7.99. The molecule has 0 aromatic carbocycles. The predicted molar refractivity (Wildman–Crippen MR) is 370 cm³/mol. The van der Waals surface area contributed by atoms with E-state index in [1.54, 1.807) is 0 Å². The molecule has 42 nitrogen and oxygen atoms in total. The smallest absolute Gasteiger partial charge is 0.238 e. The van der Waals surface area contributed by atoms with Crippen molar-refractivity contribution >= 4 is 72.2 Å². The van der Waals surface area contributed by atoms with Crippen molar-refractivity contribution in [3.05, 3.63) is 0 Å². The molecule has 0 saturated carbocycles. The lowest BCUT2D eigenvalue weighted by Crippen LogP contribution is -2.68. The third kappa shape index (κ3) is 23.6. The van der Waals surface area contributed by atoms with Gasteiger partial charge in [0.05, 0.1) is 83.6 Å². The van der Waals surface area contributed by atoms with Crippen molar-refractivity contribution < 1.29 is 192 Å². The van der Waals surface area contributed by atoms with Gasteiger partial charge in [-0.15, -0.1) is 0 Å². The average molecular weight is 1660 g/mol. The molecule has 22 N–H and O–H groups in total. The lowest BCUT2D eigenvalue weighted by molar-refractivity contribution is -0.395. The number of carbonyl (C=O) groups excluding carboxylic acids is 4. The molecule has 21 rings (SSSR count). The first kappa shape index (κ1) is 92.7. The SMILES string of the molecule is CN[C@H](CSCC1OC2O[C@@H]3C(CO)OC(O[C@@H]4C(CO)O[C@H](O[C@@H]5C(CO)O[C@@H](O[C@@H]6C(CSCC(CC(=O)CCOCCOCCC(C)=O)C(=O)NCCS)O[C@@H](O[C@@H]7C(CO)O[C@@H](O[C@@H]8C(CO)O[C@@H](O[C@H]1[C@H](O)[C@@H]2O)C(O)[C@H]8O)C(O)[C@H]7O)C(O)[C@H]6O)C(O)[C@H]5O)C(O)[C@H]4O)[C@@H](O)[C@H]3O)C(=O)NCCS. The fraction of sp³-hybridized carbons (Fsp3) is 0.937. The zero-order chi connectivity index (χ0) is 79.7. The van der Waals surface area contributed by atoms with Crippen LogP contribution in [0.4, 0.5) is 0 Å². The van der Waals surface area contributed by atoms with E-state index >= 15 is 0 Å². The highest BCUT2D eigenvalue weighted by Crippen LogP contribution is 2.40. The van der Waals surface area contributed by atoms with Gasteiger partial charge in [0.1, 0.15) is 170 Å². The fourth-order valence-corrected chi connectivity index (χ4v) is 15.9. The van der Waals surface area contributed by atoms with Crippen LogP contribution in [0.1, 0.15) is 26.2 Å². The lowest BCUT2D eigenvalue weighted by atomic mass is 9.95. The van der Waals surface area contributed by atoms with E-state index in [2.05, 4.69) is 41.2 Å². The van der Waals surface area contributed by atoms with Gasteiger partial charge in [0, 0.05) is 66.9 Å². The van der Waals surface area contributed by atoms with Gasteiger partial charge in [-0.1, -0.05) is 0 Å². The topological polar surface area (TPSA) is 636 Å². The minimum atomic E-state index is -2.29. The second kappa shape index (κ2) is 44.7. The van der Waals surface area contributed by atoms with Crippen LogP contribution >= 0.6 is 48.8 Å². The number of aliphatic hydroxyl groups is 19. The van der Waals surface area contributed by atoms with Crippen molar-refractivity contribution in [1.29, 1.82) is 0 Å². The summed E-state index contributed by atoms with van der Waals surface area (Å²) in [6.07, 6.45) is -72.0. The van der Waals surface area contributed by atoms with Crippen molar-refractivity contribution in [3.63, 3.8) is 0 Å². The van der Waals surface area contributed by atoms with Gasteiger partial charge in [-0.05, 0) is 14.0 Å². The summed E-state index contributed by atoms with van der Waals surface area (Å²) in [5, 5.41) is 227. The van der Waals surface area contributed by atoms with Crippen LogP contribution < -0.4 is 16.0 Å². The Morgan fingerprint density at radius 2 is 0.633 bits per heavy atom. The largest absolute Gasteiger partial charge is 0.394 e. The Morgan fingerprint density at radius 3 is 0.908 bits per heavy atom. The van der Waals surface area contributed by atoms with Gasteiger partial charge in [0.25, 0.3) is 0 Å². The van der Waals surface area contributed by atoms with Gasteiger partial charge in [0.2, 0.25) is 11.8 Å². The molecule has 632 valence electrons. The van der Waals surface area contributed by atoms with E-state index in [9.17, 15) is 116 Å². The number of carbonyl (C=O) groups is 4. The maximum Gasteiger partial charge on any atom is 0.238 e. The Kier molecular flexibility index (Phi) is 38.0. The second-order valence-corrected chi connectivity index (χ2v) is 30.1. The van der Waals surface area contributed by atoms with E-state index in [0.29, 0.717) is 5.75 Å². The number of aliphatic hydroxyl groups excluding tert-OH is 19. The number of hydrogen-bond acceptors (Lipinski definition) is 44. The summed E-state index contributed by atoms with van der Waals surface area (Å²) in [5.74, 6) is -2.89. The number of amides is 2. The summed E-state index contributed by atoms with van der Waals surface area (Å²) in [6.45, 7) is -3.37. The standard InChI is InChI=1S/C63H107N3O39S4/c1-23(72)3-7-90-9-10-91-8-4-25(73)13-24(55(88)65-5-11-106)19-108-21-32-53-39(79)46(86)62(97-32)102-51-30(17-70)93-59(42(82)35(51)75)101-50-29(16-69)96-61(45(85)38(50)78)105-54-33(22-109-20-26(64-2)56(89)66-6-12-107)98-63(47(87)40(54)80)103-52-31(18-71)94-58(43(83)36(52)76)99-48-27(14-67)92-57(41(81)34(48)74)100-49-28(15-68)95-60(104-53)44(84)37(49)77/h24,26-54,57-64,67-71,74-87,106-107H,3-22H2,1-2H3,(H,65,88)(H,66,89)/t24?,26-,27?,28?,29?,30?,31?,32?,33?,34-,35-,36-,37-,38-,39-,40-,41?,42?,43+,44?,45?,46?,47+,48-,49-,50-,51-,52-,53-,54-,57-,58?,59+,60+,61+,62+,63?/m1/s1. The number of likely N-dealkylation sites (N-methyl/N-ethyl adjacent to an activating group) is 1. The van der Waals surface area contributed by atoms with E-state index in [0.717, 1.165) is 23.5 Å². The van der Waals surface area contributed by atoms with Crippen molar-refractivity contribution in [2.45, 2.75) is 247 Å². The summed E-state index contributed by atoms with van der Waals surface area (Å²) in [4.78, 5) is 51.3. The van der Waals surface area contributed by atoms with Crippen LogP contribution in [0.15, 0.2) is 0 Å². The number of hydrogen-bond donors (Lipinski definition) is 24. The second-order valence-electron chi connectivity index (χ2n) is 27.1. The number of rotatable bonds is 31. The molecular weight excluding hydrogens is 1550 g/mol. The predicted octanol–water partition coefficient (Wildman–Crippen LogP) is -13.1. The Labute approximate surface area is 644 Å². The first-order valence-corrected chi connectivity index (χ1v) is 39.2. The lowest BCUT2D eigenvalue weighted by Gasteiger charge is -2.50. The summed E-state index contributed by atoms with van der Waals surface area (Å²) in [5.41, 5.74) is 0. The van der Waals surface area contributed by atoms with Crippen LogP contribution in [-0.2, 0) is 95.0 Å². The van der Waals surface area contributed by atoms with Crippen LogP contribution in [0.5, 0.6) is 0 Å². The van der Waals surface area contributed by atoms with Crippen molar-refractivity contribution in [1.82, 2.24) is 16.0 Å². The zero-order valence-electron chi connectivity index (χ0n) is 59.4. The van der Waals surface area contributed by atoms with E-state index in [1.165, 1.54) is 14.0 Å². The quantitative estimate of drug-likeness (QED) is 0.0226. The van der Waals surface area contributed by atoms with E-state index < -0.39 is 278 Å². The average Bonchev–Trinajstić information content (AvgIpc) is 0.804. The van der Waals surface area contributed by atoms with Gasteiger partial charge < -0.3 is 189 Å². The summed E-state index contributed by atoms with van der Waals surface area (Å²) < 4.78 is 94.6. The molecule has 21 aliphatic rings. The van der Waals surface area contributed by atoms with E-state index in [1.807, 2.05) is 0 Å². The molecular formula is C63H107N3O39S4. The third-order valence-electron chi connectivity index (χ3n) is 19.4. The number of ketones is 2. The van der Waals surface area contributed by atoms with Crippen molar-refractivity contribution in [3.8, 4) is 0 Å².